The Hall–Kier alpha value is -1.43. The van der Waals surface area contributed by atoms with E-state index in [0.29, 0.717) is 12.0 Å². The van der Waals surface area contributed by atoms with Crippen LogP contribution in [0.3, 0.4) is 0 Å². The van der Waals surface area contributed by atoms with Crippen molar-refractivity contribution in [2.45, 2.75) is 24.7 Å². The number of pyridine rings is 1. The lowest BCUT2D eigenvalue weighted by atomic mass is 10.1. The fourth-order valence-corrected chi connectivity index (χ4v) is 2.14. The van der Waals surface area contributed by atoms with Crippen LogP contribution in [0, 0.1) is 6.42 Å². The highest BCUT2D eigenvalue weighted by Crippen LogP contribution is 2.14. The van der Waals surface area contributed by atoms with E-state index in [1.807, 2.05) is 0 Å². The highest BCUT2D eigenvalue weighted by atomic mass is 32.2. The molecule has 1 aromatic heterocycles. The molecule has 93 valence electrons. The van der Waals surface area contributed by atoms with Gasteiger partial charge < -0.3 is 5.73 Å². The summed E-state index contributed by atoms with van der Waals surface area (Å²) in [6.07, 6.45) is 5.34. The third kappa shape index (κ3) is 4.14. The molecule has 0 saturated carbocycles. The minimum absolute atomic E-state index is 0.0411. The molecule has 6 heteroatoms. The largest absolute Gasteiger partial charge is 0.370 e. The number of nitrogens with zero attached hydrogens (tertiary/aromatic N) is 1. The standard InChI is InChI=1S/C11H15N2O3S/c1-2-17(15,16)10-6-9(7-13-8-10)4-3-5-11(12)14/h4,6-8H,2-3,5H2,1H3,(H2,12,14). The van der Waals surface area contributed by atoms with Crippen molar-refractivity contribution < 1.29 is 13.2 Å². The van der Waals surface area contributed by atoms with Gasteiger partial charge in [0.15, 0.2) is 9.84 Å². The molecule has 0 bridgehead atoms. The lowest BCUT2D eigenvalue weighted by Crippen LogP contribution is -2.10. The second-order valence-corrected chi connectivity index (χ2v) is 5.84. The van der Waals surface area contributed by atoms with Crippen molar-refractivity contribution in [3.05, 3.63) is 30.4 Å². The van der Waals surface area contributed by atoms with Crippen molar-refractivity contribution in [2.75, 3.05) is 5.75 Å². The molecule has 1 radical (unpaired) electrons. The quantitative estimate of drug-likeness (QED) is 0.809. The topological polar surface area (TPSA) is 90.1 Å². The summed E-state index contributed by atoms with van der Waals surface area (Å²) in [7, 11) is -3.24. The molecule has 0 spiro atoms. The number of sulfone groups is 1. The van der Waals surface area contributed by atoms with E-state index in [0.717, 1.165) is 0 Å². The second-order valence-electron chi connectivity index (χ2n) is 3.57. The molecule has 17 heavy (non-hydrogen) atoms. The highest BCUT2D eigenvalue weighted by molar-refractivity contribution is 7.91. The third-order valence-electron chi connectivity index (χ3n) is 2.24. The van der Waals surface area contributed by atoms with Crippen LogP contribution in [0.2, 0.25) is 0 Å². The maximum absolute atomic E-state index is 11.6. The van der Waals surface area contributed by atoms with E-state index < -0.39 is 9.84 Å². The zero-order valence-electron chi connectivity index (χ0n) is 9.59. The summed E-state index contributed by atoms with van der Waals surface area (Å²) >= 11 is 0. The van der Waals surface area contributed by atoms with Crippen molar-refractivity contribution >= 4 is 15.7 Å². The summed E-state index contributed by atoms with van der Waals surface area (Å²) < 4.78 is 23.2. The van der Waals surface area contributed by atoms with Gasteiger partial charge in [-0.1, -0.05) is 6.92 Å². The van der Waals surface area contributed by atoms with Crippen LogP contribution in [0.4, 0.5) is 0 Å². The molecule has 0 aliphatic heterocycles. The van der Waals surface area contributed by atoms with Gasteiger partial charge in [0.1, 0.15) is 0 Å². The number of primary amides is 1. The highest BCUT2D eigenvalue weighted by Gasteiger charge is 2.12. The number of hydrogen-bond donors (Lipinski definition) is 1. The molecular formula is C11H15N2O3S. The van der Waals surface area contributed by atoms with Gasteiger partial charge in [-0.05, 0) is 24.5 Å². The predicted molar refractivity (Wildman–Crippen MR) is 63.8 cm³/mol. The van der Waals surface area contributed by atoms with Gasteiger partial charge in [-0.25, -0.2) is 8.42 Å². The summed E-state index contributed by atoms with van der Waals surface area (Å²) in [6, 6.07) is 1.55. The summed E-state index contributed by atoms with van der Waals surface area (Å²) in [4.78, 5) is 14.6. The van der Waals surface area contributed by atoms with Crippen molar-refractivity contribution in [1.82, 2.24) is 4.98 Å². The van der Waals surface area contributed by atoms with Gasteiger partial charge in [-0.3, -0.25) is 9.78 Å². The molecule has 0 saturated heterocycles. The van der Waals surface area contributed by atoms with E-state index in [2.05, 4.69) is 4.98 Å². The van der Waals surface area contributed by atoms with Crippen LogP contribution >= 0.6 is 0 Å². The Labute approximate surface area is 101 Å². The number of rotatable bonds is 6. The van der Waals surface area contributed by atoms with Crippen molar-refractivity contribution in [3.63, 3.8) is 0 Å². The lowest BCUT2D eigenvalue weighted by molar-refractivity contribution is -0.117. The number of carbonyl (C=O) groups is 1. The van der Waals surface area contributed by atoms with E-state index in [-0.39, 0.29) is 23.0 Å². The summed E-state index contributed by atoms with van der Waals surface area (Å²) in [6.45, 7) is 1.58. The Morgan fingerprint density at radius 2 is 2.18 bits per heavy atom. The average molecular weight is 255 g/mol. The first-order valence-corrected chi connectivity index (χ1v) is 6.90. The zero-order valence-corrected chi connectivity index (χ0v) is 10.4. The first-order chi connectivity index (χ1) is 7.95. The summed E-state index contributed by atoms with van der Waals surface area (Å²) in [5, 5.41) is 0. The van der Waals surface area contributed by atoms with E-state index >= 15 is 0 Å². The smallest absolute Gasteiger partial charge is 0.217 e. The number of aromatic nitrogens is 1. The van der Waals surface area contributed by atoms with Crippen LogP contribution in [-0.2, 0) is 14.6 Å². The van der Waals surface area contributed by atoms with Gasteiger partial charge in [-0.15, -0.1) is 0 Å². The van der Waals surface area contributed by atoms with E-state index in [9.17, 15) is 13.2 Å². The first-order valence-electron chi connectivity index (χ1n) is 5.25. The predicted octanol–water partition coefficient (Wildman–Crippen LogP) is 0.693. The number of nitrogens with two attached hydrogens (primary N) is 1. The van der Waals surface area contributed by atoms with Crippen LogP contribution < -0.4 is 5.73 Å². The molecule has 1 aromatic rings. The number of hydrogen-bond acceptors (Lipinski definition) is 4. The normalized spacial score (nSPS) is 11.4. The van der Waals surface area contributed by atoms with Gasteiger partial charge in [0.2, 0.25) is 5.91 Å². The maximum atomic E-state index is 11.6. The van der Waals surface area contributed by atoms with Gasteiger partial charge in [0, 0.05) is 18.8 Å². The molecule has 0 unspecified atom stereocenters. The molecule has 2 N–H and O–H groups in total. The Morgan fingerprint density at radius 1 is 1.47 bits per heavy atom. The minimum Gasteiger partial charge on any atom is -0.370 e. The van der Waals surface area contributed by atoms with Crippen LogP contribution in [-0.4, -0.2) is 25.1 Å². The Morgan fingerprint density at radius 3 is 2.76 bits per heavy atom. The third-order valence-corrected chi connectivity index (χ3v) is 3.95. The number of carbonyl (C=O) groups excluding carboxylic acids is 1. The molecule has 0 fully saturated rings. The molecule has 0 aliphatic carbocycles. The fraction of sp³-hybridized carbons (Fsp3) is 0.364. The minimum atomic E-state index is -3.24. The summed E-state index contributed by atoms with van der Waals surface area (Å²) in [5.41, 5.74) is 5.69. The van der Waals surface area contributed by atoms with E-state index in [1.54, 1.807) is 25.6 Å². The molecular weight excluding hydrogens is 240 g/mol. The molecule has 1 heterocycles. The lowest BCUT2D eigenvalue weighted by Gasteiger charge is -2.03. The van der Waals surface area contributed by atoms with E-state index in [1.165, 1.54) is 6.20 Å². The molecule has 0 atom stereocenters. The van der Waals surface area contributed by atoms with Gasteiger partial charge in [-0.2, -0.15) is 0 Å². The Balaban J connectivity index is 2.76. The average Bonchev–Trinajstić information content (AvgIpc) is 2.29. The van der Waals surface area contributed by atoms with Gasteiger partial charge in [0.05, 0.1) is 10.6 Å². The van der Waals surface area contributed by atoms with Crippen LogP contribution in [0.25, 0.3) is 0 Å². The number of amides is 1. The SMILES string of the molecule is CCS(=O)(=O)c1cncc([CH]CCC(N)=O)c1. The van der Waals surface area contributed by atoms with Crippen molar-refractivity contribution in [1.29, 1.82) is 0 Å². The van der Waals surface area contributed by atoms with E-state index in [4.69, 9.17) is 5.73 Å². The second kappa shape index (κ2) is 5.77. The van der Waals surface area contributed by atoms with Crippen molar-refractivity contribution in [2.24, 2.45) is 5.73 Å². The first kappa shape index (κ1) is 13.6. The zero-order chi connectivity index (χ0) is 12.9. The van der Waals surface area contributed by atoms with Crippen LogP contribution in [0.15, 0.2) is 23.4 Å². The van der Waals surface area contributed by atoms with Gasteiger partial charge >= 0.3 is 0 Å². The van der Waals surface area contributed by atoms with Crippen molar-refractivity contribution in [3.8, 4) is 0 Å². The Bertz CT molecular complexity index is 497. The fourth-order valence-electron chi connectivity index (χ4n) is 1.27. The molecule has 0 aliphatic rings. The van der Waals surface area contributed by atoms with Crippen LogP contribution in [0.5, 0.6) is 0 Å². The maximum Gasteiger partial charge on any atom is 0.217 e. The van der Waals surface area contributed by atoms with Crippen LogP contribution in [0.1, 0.15) is 25.3 Å². The monoisotopic (exact) mass is 255 g/mol. The Kier molecular flexibility index (Phi) is 4.62. The summed E-state index contributed by atoms with van der Waals surface area (Å²) in [5.74, 6) is -0.342. The molecule has 0 aromatic carbocycles. The molecule has 1 rings (SSSR count). The van der Waals surface area contributed by atoms with Gasteiger partial charge in [0.25, 0.3) is 0 Å². The molecule has 5 nitrogen and oxygen atoms in total. The molecule has 1 amide bonds.